The molecule has 0 unspecified atom stereocenters. The molecule has 0 aliphatic carbocycles. The SMILES string of the molecule is Cc1cc(-c2csc(CN3C(=O)c4ccccc4S3(=O)=O)n2)c(C)n1-c1nccs1. The van der Waals surface area contributed by atoms with Gasteiger partial charge >= 0.3 is 0 Å². The number of hydrogen-bond acceptors (Lipinski definition) is 7. The summed E-state index contributed by atoms with van der Waals surface area (Å²) in [4.78, 5) is 21.7. The zero-order chi connectivity index (χ0) is 21.0. The van der Waals surface area contributed by atoms with Crippen LogP contribution < -0.4 is 0 Å². The van der Waals surface area contributed by atoms with Crippen molar-refractivity contribution in [3.63, 3.8) is 0 Å². The number of fused-ring (bicyclic) bond motifs is 1. The summed E-state index contributed by atoms with van der Waals surface area (Å²) < 4.78 is 28.5. The summed E-state index contributed by atoms with van der Waals surface area (Å²) in [5, 5.41) is 5.27. The van der Waals surface area contributed by atoms with E-state index in [9.17, 15) is 13.2 Å². The predicted octanol–water partition coefficient (Wildman–Crippen LogP) is 4.02. The third-order valence-electron chi connectivity index (χ3n) is 5.06. The lowest BCUT2D eigenvalue weighted by Crippen LogP contribution is -2.29. The van der Waals surface area contributed by atoms with Gasteiger partial charge in [0.1, 0.15) is 9.90 Å². The summed E-state index contributed by atoms with van der Waals surface area (Å²) in [6, 6.07) is 8.32. The van der Waals surface area contributed by atoms with Gasteiger partial charge in [-0.3, -0.25) is 9.36 Å². The molecule has 152 valence electrons. The van der Waals surface area contributed by atoms with Crippen molar-refractivity contribution in [2.75, 3.05) is 0 Å². The minimum atomic E-state index is -3.85. The molecule has 0 saturated carbocycles. The lowest BCUT2D eigenvalue weighted by Gasteiger charge is -2.12. The number of amides is 1. The van der Waals surface area contributed by atoms with Crippen molar-refractivity contribution in [3.05, 3.63) is 69.2 Å². The lowest BCUT2D eigenvalue weighted by atomic mass is 10.2. The van der Waals surface area contributed by atoms with Gasteiger partial charge in [-0.1, -0.05) is 12.1 Å². The zero-order valence-corrected chi connectivity index (χ0v) is 18.5. The van der Waals surface area contributed by atoms with Crippen LogP contribution in [0.25, 0.3) is 16.4 Å². The number of hydrogen-bond donors (Lipinski definition) is 0. The molecule has 0 radical (unpaired) electrons. The number of sulfonamides is 1. The Labute approximate surface area is 181 Å². The van der Waals surface area contributed by atoms with Gasteiger partial charge < -0.3 is 0 Å². The van der Waals surface area contributed by atoms with Gasteiger partial charge in [-0.25, -0.2) is 22.7 Å². The van der Waals surface area contributed by atoms with Crippen LogP contribution in [0.4, 0.5) is 0 Å². The van der Waals surface area contributed by atoms with E-state index in [1.807, 2.05) is 30.7 Å². The summed E-state index contributed by atoms with van der Waals surface area (Å²) in [5.74, 6) is -0.510. The molecule has 0 bridgehead atoms. The Morgan fingerprint density at radius 2 is 1.90 bits per heavy atom. The van der Waals surface area contributed by atoms with Crippen LogP contribution in [0.1, 0.15) is 26.8 Å². The van der Waals surface area contributed by atoms with Crippen LogP contribution in [0.15, 0.2) is 52.2 Å². The highest BCUT2D eigenvalue weighted by Gasteiger charge is 2.41. The largest absolute Gasteiger partial charge is 0.294 e. The van der Waals surface area contributed by atoms with Crippen molar-refractivity contribution >= 4 is 38.6 Å². The van der Waals surface area contributed by atoms with E-state index in [0.29, 0.717) is 5.01 Å². The molecule has 0 N–H and O–H groups in total. The number of nitrogens with zero attached hydrogens (tertiary/aromatic N) is 4. The predicted molar refractivity (Wildman–Crippen MR) is 116 cm³/mol. The number of thiazole rings is 2. The highest BCUT2D eigenvalue weighted by molar-refractivity contribution is 7.90. The van der Waals surface area contributed by atoms with Gasteiger partial charge in [0.05, 0.1) is 17.8 Å². The molecular formula is C20H16N4O3S3. The van der Waals surface area contributed by atoms with E-state index in [4.69, 9.17) is 0 Å². The Morgan fingerprint density at radius 3 is 2.63 bits per heavy atom. The maximum atomic E-state index is 12.8. The van der Waals surface area contributed by atoms with Gasteiger partial charge in [-0.05, 0) is 32.0 Å². The van der Waals surface area contributed by atoms with Crippen molar-refractivity contribution < 1.29 is 13.2 Å². The molecule has 30 heavy (non-hydrogen) atoms. The van der Waals surface area contributed by atoms with E-state index in [1.165, 1.54) is 23.5 Å². The lowest BCUT2D eigenvalue weighted by molar-refractivity contribution is 0.0865. The average molecular weight is 457 g/mol. The minimum absolute atomic E-state index is 0.0544. The molecule has 4 heterocycles. The first-order valence-electron chi connectivity index (χ1n) is 9.07. The first kappa shape index (κ1) is 19.2. The van der Waals surface area contributed by atoms with E-state index in [1.54, 1.807) is 29.7 Å². The van der Waals surface area contributed by atoms with Crippen LogP contribution in [-0.2, 0) is 16.6 Å². The van der Waals surface area contributed by atoms with Crippen molar-refractivity contribution in [1.29, 1.82) is 0 Å². The Balaban J connectivity index is 1.47. The molecule has 0 atom stereocenters. The highest BCUT2D eigenvalue weighted by Crippen LogP contribution is 2.34. The highest BCUT2D eigenvalue weighted by atomic mass is 32.2. The average Bonchev–Trinajstić information content (AvgIpc) is 3.48. The first-order valence-corrected chi connectivity index (χ1v) is 12.3. The quantitative estimate of drug-likeness (QED) is 0.463. The summed E-state index contributed by atoms with van der Waals surface area (Å²) >= 11 is 2.90. The molecule has 0 spiro atoms. The minimum Gasteiger partial charge on any atom is -0.294 e. The summed E-state index contributed by atoms with van der Waals surface area (Å²) in [5.41, 5.74) is 3.98. The van der Waals surface area contributed by atoms with Gasteiger partial charge in [0.15, 0.2) is 5.13 Å². The second kappa shape index (κ2) is 6.86. The number of benzene rings is 1. The van der Waals surface area contributed by atoms with E-state index >= 15 is 0 Å². The van der Waals surface area contributed by atoms with Crippen LogP contribution >= 0.6 is 22.7 Å². The van der Waals surface area contributed by atoms with Crippen molar-refractivity contribution in [3.8, 4) is 16.4 Å². The summed E-state index contributed by atoms with van der Waals surface area (Å²) in [6.07, 6.45) is 1.77. The molecule has 4 aromatic rings. The molecule has 7 nitrogen and oxygen atoms in total. The maximum absolute atomic E-state index is 12.8. The van der Waals surface area contributed by atoms with Crippen LogP contribution in [0, 0.1) is 13.8 Å². The van der Waals surface area contributed by atoms with Crippen molar-refractivity contribution in [2.45, 2.75) is 25.3 Å². The monoisotopic (exact) mass is 456 g/mol. The fourth-order valence-corrected chi connectivity index (χ4v) is 6.81. The second-order valence-corrected chi connectivity index (χ2v) is 10.5. The standard InChI is InChI=1S/C20H16N4O3S3/c1-12-9-15(13(2)24(12)20-21-7-8-28-20)16-11-29-18(22-16)10-23-19(25)14-5-3-4-6-17(14)30(23,26)27/h3-9,11H,10H2,1-2H3. The number of aromatic nitrogens is 3. The maximum Gasteiger partial charge on any atom is 0.269 e. The fourth-order valence-electron chi connectivity index (χ4n) is 3.66. The molecular weight excluding hydrogens is 440 g/mol. The van der Waals surface area contributed by atoms with E-state index in [2.05, 4.69) is 14.5 Å². The molecule has 0 fully saturated rings. The first-order chi connectivity index (χ1) is 14.4. The third kappa shape index (κ3) is 2.83. The number of rotatable bonds is 4. The van der Waals surface area contributed by atoms with Crippen LogP contribution in [0.3, 0.4) is 0 Å². The zero-order valence-electron chi connectivity index (χ0n) is 16.1. The molecule has 10 heteroatoms. The molecule has 0 saturated heterocycles. The second-order valence-electron chi connectivity index (χ2n) is 6.87. The third-order valence-corrected chi connectivity index (χ3v) is 8.44. The molecule has 3 aromatic heterocycles. The number of carbonyl (C=O) groups is 1. The number of carbonyl (C=O) groups excluding carboxylic acids is 1. The summed E-state index contributed by atoms with van der Waals surface area (Å²) in [7, 11) is -3.85. The van der Waals surface area contributed by atoms with Crippen molar-refractivity contribution in [2.24, 2.45) is 0 Å². The topological polar surface area (TPSA) is 85.2 Å². The smallest absolute Gasteiger partial charge is 0.269 e. The van der Waals surface area contributed by atoms with Gasteiger partial charge in [0.2, 0.25) is 0 Å². The molecule has 1 amide bonds. The Kier molecular flexibility index (Phi) is 4.38. The Morgan fingerprint density at radius 1 is 1.10 bits per heavy atom. The fraction of sp³-hybridized carbons (Fsp3) is 0.150. The molecule has 5 rings (SSSR count). The van der Waals surface area contributed by atoms with Gasteiger partial charge in [0, 0.05) is 33.9 Å². The van der Waals surface area contributed by atoms with Crippen LogP contribution in [0.2, 0.25) is 0 Å². The van der Waals surface area contributed by atoms with Gasteiger partial charge in [-0.2, -0.15) is 0 Å². The Hall–Kier alpha value is -2.82. The van der Waals surface area contributed by atoms with Gasteiger partial charge in [-0.15, -0.1) is 22.7 Å². The van der Waals surface area contributed by atoms with Gasteiger partial charge in [0.25, 0.3) is 15.9 Å². The van der Waals surface area contributed by atoms with Crippen LogP contribution in [0.5, 0.6) is 0 Å². The van der Waals surface area contributed by atoms with Crippen LogP contribution in [-0.4, -0.2) is 33.2 Å². The van der Waals surface area contributed by atoms with E-state index in [-0.39, 0.29) is 17.0 Å². The Bertz CT molecular complexity index is 1380. The number of aryl methyl sites for hydroxylation is 1. The molecule has 1 aliphatic heterocycles. The van der Waals surface area contributed by atoms with E-state index in [0.717, 1.165) is 32.1 Å². The van der Waals surface area contributed by atoms with Crippen molar-refractivity contribution in [1.82, 2.24) is 18.8 Å². The summed E-state index contributed by atoms with van der Waals surface area (Å²) in [6.45, 7) is 3.94. The normalized spacial score (nSPS) is 15.0. The molecule has 1 aromatic carbocycles. The molecule has 1 aliphatic rings. The van der Waals surface area contributed by atoms with E-state index < -0.39 is 15.9 Å².